The summed E-state index contributed by atoms with van der Waals surface area (Å²) in [6.45, 7) is 4.05. The minimum Gasteiger partial charge on any atom is -0.497 e. The van der Waals surface area contributed by atoms with Crippen molar-refractivity contribution in [2.75, 3.05) is 12.4 Å². The van der Waals surface area contributed by atoms with E-state index in [1.807, 2.05) is 50.2 Å². The Kier molecular flexibility index (Phi) is 5.54. The lowest BCUT2D eigenvalue weighted by atomic mass is 9.97. The van der Waals surface area contributed by atoms with Gasteiger partial charge in [0.05, 0.1) is 24.9 Å². The van der Waals surface area contributed by atoms with Gasteiger partial charge in [-0.05, 0) is 61.4 Å². The van der Waals surface area contributed by atoms with Gasteiger partial charge in [-0.15, -0.1) is 0 Å². The number of nitrogens with one attached hydrogen (secondary N) is 1. The molecule has 1 N–H and O–H groups in total. The SMILES string of the molecule is COc1ccc(NC2=C(c3ccc(C)cc3C)C(=O)N(Cc3ccccn3)C2=O)cc1. The number of pyridine rings is 1. The smallest absolute Gasteiger partial charge is 0.278 e. The molecule has 0 saturated carbocycles. The van der Waals surface area contributed by atoms with Crippen LogP contribution in [0.1, 0.15) is 22.4 Å². The first-order chi connectivity index (χ1) is 15.0. The summed E-state index contributed by atoms with van der Waals surface area (Å²) in [6.07, 6.45) is 1.65. The molecule has 0 saturated heterocycles. The molecule has 0 atom stereocenters. The lowest BCUT2D eigenvalue weighted by molar-refractivity contribution is -0.137. The molecule has 2 heterocycles. The van der Waals surface area contributed by atoms with E-state index in [0.717, 1.165) is 16.7 Å². The van der Waals surface area contributed by atoms with Crippen molar-refractivity contribution in [3.05, 3.63) is 94.9 Å². The Bertz CT molecular complexity index is 1170. The van der Waals surface area contributed by atoms with Crippen molar-refractivity contribution in [3.8, 4) is 5.75 Å². The highest BCUT2D eigenvalue weighted by molar-refractivity contribution is 6.36. The Labute approximate surface area is 181 Å². The highest BCUT2D eigenvalue weighted by Crippen LogP contribution is 2.33. The number of imide groups is 1. The van der Waals surface area contributed by atoms with Gasteiger partial charge >= 0.3 is 0 Å². The van der Waals surface area contributed by atoms with Gasteiger partial charge < -0.3 is 10.1 Å². The van der Waals surface area contributed by atoms with Crippen LogP contribution in [0.3, 0.4) is 0 Å². The molecule has 1 aliphatic heterocycles. The van der Waals surface area contributed by atoms with Crippen LogP contribution in [-0.4, -0.2) is 28.8 Å². The van der Waals surface area contributed by atoms with Gasteiger partial charge in [-0.3, -0.25) is 19.5 Å². The number of benzene rings is 2. The number of amides is 2. The van der Waals surface area contributed by atoms with E-state index in [-0.39, 0.29) is 24.1 Å². The van der Waals surface area contributed by atoms with Crippen molar-refractivity contribution in [1.82, 2.24) is 9.88 Å². The second-order valence-corrected chi connectivity index (χ2v) is 7.44. The van der Waals surface area contributed by atoms with Crippen LogP contribution in [0.4, 0.5) is 5.69 Å². The number of rotatable bonds is 6. The lowest BCUT2D eigenvalue weighted by Gasteiger charge is -2.15. The fraction of sp³-hybridized carbons (Fsp3) is 0.160. The molecule has 3 aromatic rings. The number of hydrogen-bond acceptors (Lipinski definition) is 5. The number of nitrogens with zero attached hydrogens (tertiary/aromatic N) is 2. The fourth-order valence-corrected chi connectivity index (χ4v) is 3.65. The summed E-state index contributed by atoms with van der Waals surface area (Å²) in [4.78, 5) is 32.3. The molecule has 6 heteroatoms. The summed E-state index contributed by atoms with van der Waals surface area (Å²) in [7, 11) is 1.60. The second-order valence-electron chi connectivity index (χ2n) is 7.44. The predicted octanol–water partition coefficient (Wildman–Crippen LogP) is 4.10. The summed E-state index contributed by atoms with van der Waals surface area (Å²) in [6, 6.07) is 18.5. The first kappa shape index (κ1) is 20.3. The minimum absolute atomic E-state index is 0.112. The molecule has 31 heavy (non-hydrogen) atoms. The summed E-state index contributed by atoms with van der Waals surface area (Å²) in [5, 5.41) is 3.17. The molecule has 2 aromatic carbocycles. The third-order valence-electron chi connectivity index (χ3n) is 5.22. The number of hydrogen-bond donors (Lipinski definition) is 1. The molecule has 0 radical (unpaired) electrons. The van der Waals surface area contributed by atoms with Gasteiger partial charge in [0.1, 0.15) is 11.4 Å². The van der Waals surface area contributed by atoms with E-state index >= 15 is 0 Å². The van der Waals surface area contributed by atoms with Crippen LogP contribution in [0.2, 0.25) is 0 Å². The Morgan fingerprint density at radius 3 is 2.39 bits per heavy atom. The topological polar surface area (TPSA) is 71.5 Å². The molecule has 6 nitrogen and oxygen atoms in total. The Morgan fingerprint density at radius 1 is 0.968 bits per heavy atom. The molecule has 0 bridgehead atoms. The van der Waals surface area contributed by atoms with Crippen molar-refractivity contribution in [1.29, 1.82) is 0 Å². The maximum Gasteiger partial charge on any atom is 0.278 e. The first-order valence-corrected chi connectivity index (χ1v) is 9.97. The van der Waals surface area contributed by atoms with E-state index in [1.165, 1.54) is 4.90 Å². The van der Waals surface area contributed by atoms with Crippen LogP contribution >= 0.6 is 0 Å². The second kappa shape index (κ2) is 8.44. The normalized spacial score (nSPS) is 13.7. The van der Waals surface area contributed by atoms with Gasteiger partial charge in [0.25, 0.3) is 11.8 Å². The molecule has 2 amide bonds. The third kappa shape index (κ3) is 4.05. The largest absolute Gasteiger partial charge is 0.497 e. The molecule has 0 spiro atoms. The van der Waals surface area contributed by atoms with E-state index in [0.29, 0.717) is 22.7 Å². The standard InChI is InChI=1S/C25H23N3O3/c1-16-7-12-21(17(2)14-16)22-23(27-18-8-10-20(31-3)11-9-18)25(30)28(24(22)29)15-19-6-4-5-13-26-19/h4-14,27H,15H2,1-3H3. The van der Waals surface area contributed by atoms with Crippen molar-refractivity contribution >= 4 is 23.1 Å². The Balaban J connectivity index is 1.76. The lowest BCUT2D eigenvalue weighted by Crippen LogP contribution is -2.32. The zero-order valence-electron chi connectivity index (χ0n) is 17.7. The quantitative estimate of drug-likeness (QED) is 0.616. The maximum atomic E-state index is 13.4. The van der Waals surface area contributed by atoms with Gasteiger partial charge in [0.15, 0.2) is 0 Å². The van der Waals surface area contributed by atoms with Gasteiger partial charge in [-0.1, -0.05) is 29.8 Å². The summed E-state index contributed by atoms with van der Waals surface area (Å²) >= 11 is 0. The van der Waals surface area contributed by atoms with Crippen molar-refractivity contribution in [3.63, 3.8) is 0 Å². The van der Waals surface area contributed by atoms with Crippen LogP contribution < -0.4 is 10.1 Å². The molecule has 156 valence electrons. The monoisotopic (exact) mass is 413 g/mol. The molecular formula is C25H23N3O3. The molecular weight excluding hydrogens is 390 g/mol. The highest BCUT2D eigenvalue weighted by atomic mass is 16.5. The predicted molar refractivity (Wildman–Crippen MR) is 119 cm³/mol. The molecule has 1 aliphatic rings. The van der Waals surface area contributed by atoms with Crippen LogP contribution in [0.15, 0.2) is 72.6 Å². The van der Waals surface area contributed by atoms with E-state index in [9.17, 15) is 9.59 Å². The van der Waals surface area contributed by atoms with E-state index < -0.39 is 0 Å². The average molecular weight is 413 g/mol. The molecule has 4 rings (SSSR count). The van der Waals surface area contributed by atoms with Gasteiger partial charge in [-0.2, -0.15) is 0 Å². The molecule has 0 fully saturated rings. The molecule has 0 unspecified atom stereocenters. The summed E-state index contributed by atoms with van der Waals surface area (Å²) < 4.78 is 5.20. The Morgan fingerprint density at radius 2 is 1.74 bits per heavy atom. The fourth-order valence-electron chi connectivity index (χ4n) is 3.65. The number of ether oxygens (including phenoxy) is 1. The zero-order chi connectivity index (χ0) is 22.0. The van der Waals surface area contributed by atoms with Crippen LogP contribution in [0.5, 0.6) is 5.75 Å². The minimum atomic E-state index is -0.374. The number of anilines is 1. The summed E-state index contributed by atoms with van der Waals surface area (Å²) in [5.74, 6) is -0.000186. The van der Waals surface area contributed by atoms with Gasteiger partial charge in [0.2, 0.25) is 0 Å². The summed E-state index contributed by atoms with van der Waals surface area (Å²) in [5.41, 5.74) is 4.74. The number of methoxy groups -OCH3 is 1. The van der Waals surface area contributed by atoms with Crippen molar-refractivity contribution in [2.45, 2.75) is 20.4 Å². The number of aromatic nitrogens is 1. The van der Waals surface area contributed by atoms with Gasteiger partial charge in [0, 0.05) is 11.9 Å². The number of aryl methyl sites for hydroxylation is 2. The van der Waals surface area contributed by atoms with Crippen LogP contribution in [0, 0.1) is 13.8 Å². The van der Waals surface area contributed by atoms with Gasteiger partial charge in [-0.25, -0.2) is 0 Å². The highest BCUT2D eigenvalue weighted by Gasteiger charge is 2.39. The van der Waals surface area contributed by atoms with Crippen LogP contribution in [0.25, 0.3) is 5.57 Å². The zero-order valence-corrected chi connectivity index (χ0v) is 17.7. The number of carbonyl (C=O) groups excluding carboxylic acids is 2. The van der Waals surface area contributed by atoms with Crippen molar-refractivity contribution < 1.29 is 14.3 Å². The average Bonchev–Trinajstić information content (AvgIpc) is 2.99. The third-order valence-corrected chi connectivity index (χ3v) is 5.22. The van der Waals surface area contributed by atoms with Crippen molar-refractivity contribution in [2.24, 2.45) is 0 Å². The van der Waals surface area contributed by atoms with E-state index in [1.54, 1.807) is 37.6 Å². The molecule has 0 aliphatic carbocycles. The Hall–Kier alpha value is -3.93. The first-order valence-electron chi connectivity index (χ1n) is 9.97. The van der Waals surface area contributed by atoms with E-state index in [2.05, 4.69) is 10.3 Å². The molecule has 1 aromatic heterocycles. The van der Waals surface area contributed by atoms with E-state index in [4.69, 9.17) is 4.74 Å². The maximum absolute atomic E-state index is 13.4. The number of carbonyl (C=O) groups is 2. The van der Waals surface area contributed by atoms with Crippen LogP contribution in [-0.2, 0) is 16.1 Å².